The van der Waals surface area contributed by atoms with Gasteiger partial charge in [0.15, 0.2) is 0 Å². The van der Waals surface area contributed by atoms with E-state index >= 15 is 0 Å². The molecule has 0 unspecified atom stereocenters. The zero-order chi connectivity index (χ0) is 29.5. The van der Waals surface area contributed by atoms with Crippen molar-refractivity contribution in [3.8, 4) is 17.1 Å². The molecule has 4 heteroatoms. The Kier molecular flexibility index (Phi) is 4.96. The average Bonchev–Trinajstić information content (AvgIpc) is 3.74. The monoisotopic (exact) mass is 574 g/mol. The molecule has 0 aliphatic heterocycles. The van der Waals surface area contributed by atoms with Gasteiger partial charge in [0.25, 0.3) is 0 Å². The van der Waals surface area contributed by atoms with E-state index in [0.717, 1.165) is 28.0 Å². The summed E-state index contributed by atoms with van der Waals surface area (Å²) in [5.41, 5.74) is 10.6. The molecule has 0 N–H and O–H groups in total. The van der Waals surface area contributed by atoms with Crippen molar-refractivity contribution in [1.29, 1.82) is 0 Å². The molecule has 0 aliphatic carbocycles. The van der Waals surface area contributed by atoms with Crippen LogP contribution in [-0.2, 0) is 0 Å². The van der Waals surface area contributed by atoms with Crippen molar-refractivity contribution in [2.24, 2.45) is 0 Å². The summed E-state index contributed by atoms with van der Waals surface area (Å²) in [7, 11) is 0. The Hall–Kier alpha value is -6.13. The van der Waals surface area contributed by atoms with Gasteiger partial charge in [0.1, 0.15) is 0 Å². The molecule has 6 aromatic carbocycles. The van der Waals surface area contributed by atoms with E-state index in [-0.39, 0.29) is 0 Å². The summed E-state index contributed by atoms with van der Waals surface area (Å²) < 4.78 is 7.20. The standard InChI is InChI=1S/C41H26N4/c1-3-11-27(12-4-1)43-37-21-19-29(25-33(37)34-26-42-24-23-38(34)43)44-36-18-10-8-16-32(36)40-39(44)22-20-31-30-15-7-9-17-35(30)45(41(31)40)28-13-5-2-6-14-28/h1-26H. The number of aromatic nitrogens is 4. The van der Waals surface area contributed by atoms with Crippen LogP contribution in [0.15, 0.2) is 158 Å². The molecule has 10 aromatic rings. The molecule has 45 heavy (non-hydrogen) atoms. The van der Waals surface area contributed by atoms with E-state index in [0.29, 0.717) is 0 Å². The van der Waals surface area contributed by atoms with Gasteiger partial charge in [-0.2, -0.15) is 0 Å². The average molecular weight is 575 g/mol. The third-order valence-electron chi connectivity index (χ3n) is 9.31. The second-order valence-electron chi connectivity index (χ2n) is 11.7. The van der Waals surface area contributed by atoms with Gasteiger partial charge in [-0.25, -0.2) is 0 Å². The predicted octanol–water partition coefficient (Wildman–Crippen LogP) is 10.4. The molecule has 0 amide bonds. The van der Waals surface area contributed by atoms with Crippen LogP contribution in [0, 0.1) is 0 Å². The molecule has 0 spiro atoms. The minimum Gasteiger partial charge on any atom is -0.309 e. The van der Waals surface area contributed by atoms with Gasteiger partial charge in [-0.05, 0) is 66.7 Å². The number of benzene rings is 6. The van der Waals surface area contributed by atoms with Gasteiger partial charge in [0.05, 0.1) is 33.1 Å². The molecule has 0 bridgehead atoms. The third kappa shape index (κ3) is 3.34. The molecule has 10 rings (SSSR count). The fourth-order valence-corrected chi connectivity index (χ4v) is 7.48. The van der Waals surface area contributed by atoms with Crippen molar-refractivity contribution in [2.45, 2.75) is 0 Å². The molecule has 0 radical (unpaired) electrons. The molecule has 0 saturated carbocycles. The van der Waals surface area contributed by atoms with Crippen molar-refractivity contribution < 1.29 is 0 Å². The first-order valence-corrected chi connectivity index (χ1v) is 15.3. The molecule has 4 nitrogen and oxygen atoms in total. The number of pyridine rings is 1. The number of para-hydroxylation sites is 4. The van der Waals surface area contributed by atoms with Gasteiger partial charge in [0, 0.05) is 61.8 Å². The van der Waals surface area contributed by atoms with E-state index in [1.165, 1.54) is 54.5 Å². The van der Waals surface area contributed by atoms with Crippen molar-refractivity contribution in [3.05, 3.63) is 158 Å². The Morgan fingerprint density at radius 1 is 0.356 bits per heavy atom. The Morgan fingerprint density at radius 3 is 1.71 bits per heavy atom. The van der Waals surface area contributed by atoms with E-state index in [1.807, 2.05) is 12.4 Å². The highest BCUT2D eigenvalue weighted by Gasteiger charge is 2.21. The maximum atomic E-state index is 4.53. The maximum absolute atomic E-state index is 4.53. The highest BCUT2D eigenvalue weighted by atomic mass is 15.0. The molecule has 210 valence electrons. The van der Waals surface area contributed by atoms with Crippen molar-refractivity contribution in [2.75, 3.05) is 0 Å². The number of hydrogen-bond acceptors (Lipinski definition) is 1. The van der Waals surface area contributed by atoms with Crippen LogP contribution in [-0.4, -0.2) is 18.7 Å². The van der Waals surface area contributed by atoms with Crippen LogP contribution < -0.4 is 0 Å². The fraction of sp³-hybridized carbons (Fsp3) is 0. The first kappa shape index (κ1) is 24.3. The summed E-state index contributed by atoms with van der Waals surface area (Å²) in [5.74, 6) is 0. The van der Waals surface area contributed by atoms with E-state index < -0.39 is 0 Å². The molecular formula is C41H26N4. The summed E-state index contributed by atoms with van der Waals surface area (Å²) in [6.07, 6.45) is 3.88. The Bertz CT molecular complexity index is 2750. The largest absolute Gasteiger partial charge is 0.309 e. The second-order valence-corrected chi connectivity index (χ2v) is 11.7. The Labute approximate surface area is 258 Å². The van der Waals surface area contributed by atoms with Crippen LogP contribution in [0.1, 0.15) is 0 Å². The lowest BCUT2D eigenvalue weighted by Gasteiger charge is -2.11. The lowest BCUT2D eigenvalue weighted by Crippen LogP contribution is -1.96. The quantitative estimate of drug-likeness (QED) is 0.206. The van der Waals surface area contributed by atoms with E-state index in [1.54, 1.807) is 0 Å². The first-order chi connectivity index (χ1) is 22.4. The summed E-state index contributed by atoms with van der Waals surface area (Å²) >= 11 is 0. The lowest BCUT2D eigenvalue weighted by molar-refractivity contribution is 1.16. The van der Waals surface area contributed by atoms with Crippen LogP contribution >= 0.6 is 0 Å². The molecule has 0 aliphatic rings. The van der Waals surface area contributed by atoms with Crippen LogP contribution in [0.4, 0.5) is 0 Å². The third-order valence-corrected chi connectivity index (χ3v) is 9.31. The highest BCUT2D eigenvalue weighted by Crippen LogP contribution is 2.42. The molecule has 0 fully saturated rings. The second kappa shape index (κ2) is 9.18. The lowest BCUT2D eigenvalue weighted by atomic mass is 10.1. The maximum Gasteiger partial charge on any atom is 0.0641 e. The summed E-state index contributed by atoms with van der Waals surface area (Å²) in [6.45, 7) is 0. The van der Waals surface area contributed by atoms with Crippen LogP contribution in [0.2, 0.25) is 0 Å². The number of hydrogen-bond donors (Lipinski definition) is 0. The molecule has 4 heterocycles. The molecule has 0 atom stereocenters. The minimum absolute atomic E-state index is 1.13. The first-order valence-electron chi connectivity index (χ1n) is 15.3. The minimum atomic E-state index is 1.13. The Balaban J connectivity index is 1.34. The summed E-state index contributed by atoms with van der Waals surface area (Å²) in [6, 6.07) is 52.5. The number of nitrogens with zero attached hydrogens (tertiary/aromatic N) is 4. The summed E-state index contributed by atoms with van der Waals surface area (Å²) in [4.78, 5) is 4.53. The highest BCUT2D eigenvalue weighted by molar-refractivity contribution is 6.26. The molecular weight excluding hydrogens is 548 g/mol. The van der Waals surface area contributed by atoms with E-state index in [4.69, 9.17) is 0 Å². The van der Waals surface area contributed by atoms with Gasteiger partial charge in [-0.1, -0.05) is 78.9 Å². The van der Waals surface area contributed by atoms with Gasteiger partial charge < -0.3 is 13.7 Å². The predicted molar refractivity (Wildman–Crippen MR) is 187 cm³/mol. The van der Waals surface area contributed by atoms with Crippen molar-refractivity contribution in [3.63, 3.8) is 0 Å². The smallest absolute Gasteiger partial charge is 0.0641 e. The van der Waals surface area contributed by atoms with E-state index in [9.17, 15) is 0 Å². The molecule has 4 aromatic heterocycles. The Morgan fingerprint density at radius 2 is 0.933 bits per heavy atom. The molecule has 0 saturated heterocycles. The van der Waals surface area contributed by atoms with Gasteiger partial charge in [0.2, 0.25) is 0 Å². The normalized spacial score (nSPS) is 12.0. The van der Waals surface area contributed by atoms with Crippen molar-refractivity contribution >= 4 is 65.4 Å². The van der Waals surface area contributed by atoms with Crippen LogP contribution in [0.25, 0.3) is 82.5 Å². The fourth-order valence-electron chi connectivity index (χ4n) is 7.48. The van der Waals surface area contributed by atoms with Gasteiger partial charge in [-0.3, -0.25) is 4.98 Å². The number of rotatable bonds is 3. The number of fused-ring (bicyclic) bond motifs is 10. The van der Waals surface area contributed by atoms with Gasteiger partial charge >= 0.3 is 0 Å². The van der Waals surface area contributed by atoms with E-state index in [2.05, 4.69) is 164 Å². The van der Waals surface area contributed by atoms with Crippen molar-refractivity contribution in [1.82, 2.24) is 18.7 Å². The van der Waals surface area contributed by atoms with Gasteiger partial charge in [-0.15, -0.1) is 0 Å². The zero-order valence-electron chi connectivity index (χ0n) is 24.3. The van der Waals surface area contributed by atoms with Crippen LogP contribution in [0.3, 0.4) is 0 Å². The van der Waals surface area contributed by atoms with Crippen LogP contribution in [0.5, 0.6) is 0 Å². The summed E-state index contributed by atoms with van der Waals surface area (Å²) in [5, 5.41) is 7.36. The topological polar surface area (TPSA) is 27.7 Å². The SMILES string of the molecule is c1ccc(-n2c3ccncc3c3cc(-n4c5ccccc5c5c4ccc4c6ccccc6n(-c6ccccc6)c45)ccc32)cc1. The zero-order valence-corrected chi connectivity index (χ0v) is 24.3.